The van der Waals surface area contributed by atoms with E-state index in [1.165, 1.54) is 18.6 Å². The first kappa shape index (κ1) is 9.43. The first-order valence-electron chi connectivity index (χ1n) is 3.06. The number of hydrogen-bond acceptors (Lipinski definition) is 1. The van der Waals surface area contributed by atoms with Gasteiger partial charge in [-0.25, -0.2) is 0 Å². The van der Waals surface area contributed by atoms with Crippen molar-refractivity contribution in [2.75, 3.05) is 5.75 Å². The number of thioether (sulfide) groups is 1. The summed E-state index contributed by atoms with van der Waals surface area (Å²) in [5, 5.41) is 3.06. The van der Waals surface area contributed by atoms with Gasteiger partial charge in [0.15, 0.2) is 0 Å². The van der Waals surface area contributed by atoms with Crippen molar-refractivity contribution in [2.45, 2.75) is 25.6 Å². The van der Waals surface area contributed by atoms with Crippen molar-refractivity contribution in [3.63, 3.8) is 0 Å². The van der Waals surface area contributed by atoms with E-state index in [0.717, 1.165) is 0 Å². The second kappa shape index (κ2) is 8.43. The summed E-state index contributed by atoms with van der Waals surface area (Å²) in [7, 11) is 0. The Morgan fingerprint density at radius 3 is 2.89 bits per heavy atom. The number of rotatable bonds is 3. The fourth-order valence-corrected chi connectivity index (χ4v) is 1.91. The van der Waals surface area contributed by atoms with Crippen molar-refractivity contribution >= 4 is 26.7 Å². The summed E-state index contributed by atoms with van der Waals surface area (Å²) in [4.78, 5) is 3.08. The van der Waals surface area contributed by atoms with Gasteiger partial charge >= 0.3 is 68.1 Å². The van der Waals surface area contributed by atoms with Gasteiger partial charge in [0, 0.05) is 0 Å². The van der Waals surface area contributed by atoms with E-state index in [2.05, 4.69) is 22.8 Å². The standard InChI is InChI=1S/C7H12SSe/c1-3-4-5-8-6-7-9-2/h3-5H2,1-2H3. The Hall–Kier alpha value is 0.429. The van der Waals surface area contributed by atoms with Gasteiger partial charge in [0.1, 0.15) is 0 Å². The molecule has 0 unspecified atom stereocenters. The molecule has 0 N–H and O–H groups in total. The summed E-state index contributed by atoms with van der Waals surface area (Å²) in [6.45, 7) is 2.21. The molecule has 0 aliphatic rings. The molecule has 0 bridgehead atoms. The molecule has 9 heavy (non-hydrogen) atoms. The van der Waals surface area contributed by atoms with Crippen LogP contribution >= 0.6 is 11.8 Å². The molecule has 0 rings (SSSR count). The van der Waals surface area contributed by atoms with Gasteiger partial charge in [-0.1, -0.05) is 0 Å². The molecule has 0 atom stereocenters. The molecule has 0 aliphatic carbocycles. The maximum absolute atomic E-state index is 3.08. The van der Waals surface area contributed by atoms with E-state index in [1.54, 1.807) is 11.8 Å². The molecular weight excluding hydrogens is 195 g/mol. The van der Waals surface area contributed by atoms with E-state index >= 15 is 0 Å². The molecule has 0 nitrogen and oxygen atoms in total. The summed E-state index contributed by atoms with van der Waals surface area (Å²) < 4.78 is 0. The molecular formula is C7H12SSe. The predicted molar refractivity (Wildman–Crippen MR) is 46.8 cm³/mol. The zero-order chi connectivity index (χ0) is 6.95. The molecule has 0 saturated carbocycles. The van der Waals surface area contributed by atoms with Crippen LogP contribution in [0, 0.1) is 10.1 Å². The normalized spacial score (nSPS) is 8.22. The SMILES string of the molecule is CCCCSC#C[Se]C. The third-order valence-corrected chi connectivity index (χ3v) is 2.49. The summed E-state index contributed by atoms with van der Waals surface area (Å²) in [5.74, 6) is 3.35. The third-order valence-electron chi connectivity index (χ3n) is 0.816. The predicted octanol–water partition coefficient (Wildman–Crippen LogP) is 2.19. The first-order chi connectivity index (χ1) is 4.41. The maximum atomic E-state index is 3.08. The van der Waals surface area contributed by atoms with Gasteiger partial charge in [0.05, 0.1) is 0 Å². The van der Waals surface area contributed by atoms with E-state index in [1.807, 2.05) is 0 Å². The van der Waals surface area contributed by atoms with Crippen LogP contribution in [0.15, 0.2) is 0 Å². The molecule has 0 fully saturated rings. The van der Waals surface area contributed by atoms with Crippen LogP contribution < -0.4 is 0 Å². The second-order valence-electron chi connectivity index (χ2n) is 1.61. The van der Waals surface area contributed by atoms with Crippen molar-refractivity contribution in [3.8, 4) is 10.1 Å². The Morgan fingerprint density at radius 2 is 2.33 bits per heavy atom. The first-order valence-corrected chi connectivity index (χ1v) is 6.62. The van der Waals surface area contributed by atoms with Gasteiger partial charge in [-0.2, -0.15) is 0 Å². The van der Waals surface area contributed by atoms with E-state index in [-0.39, 0.29) is 0 Å². The van der Waals surface area contributed by atoms with Crippen LogP contribution in [0.3, 0.4) is 0 Å². The Balaban J connectivity index is 2.90. The molecule has 0 amide bonds. The van der Waals surface area contributed by atoms with Crippen LogP contribution in [0.4, 0.5) is 0 Å². The van der Waals surface area contributed by atoms with Crippen LogP contribution in [0.1, 0.15) is 19.8 Å². The zero-order valence-corrected chi connectivity index (χ0v) is 8.47. The summed E-state index contributed by atoms with van der Waals surface area (Å²) in [5.41, 5.74) is 0. The quantitative estimate of drug-likeness (QED) is 0.388. The van der Waals surface area contributed by atoms with Crippen LogP contribution in [-0.4, -0.2) is 20.7 Å². The monoisotopic (exact) mass is 208 g/mol. The van der Waals surface area contributed by atoms with E-state index < -0.39 is 0 Å². The van der Waals surface area contributed by atoms with Gasteiger partial charge < -0.3 is 0 Å². The van der Waals surface area contributed by atoms with Gasteiger partial charge in [-0.15, -0.1) is 0 Å². The van der Waals surface area contributed by atoms with E-state index in [9.17, 15) is 0 Å². The van der Waals surface area contributed by atoms with Crippen molar-refractivity contribution in [1.82, 2.24) is 0 Å². The average molecular weight is 207 g/mol. The zero-order valence-electron chi connectivity index (χ0n) is 5.94. The van der Waals surface area contributed by atoms with Crippen molar-refractivity contribution in [2.24, 2.45) is 0 Å². The van der Waals surface area contributed by atoms with Crippen molar-refractivity contribution < 1.29 is 0 Å². The Bertz CT molecular complexity index is 101. The molecule has 0 radical (unpaired) electrons. The van der Waals surface area contributed by atoms with Gasteiger partial charge in [0.2, 0.25) is 0 Å². The minimum atomic E-state index is 0.541. The van der Waals surface area contributed by atoms with E-state index in [0.29, 0.717) is 15.0 Å². The van der Waals surface area contributed by atoms with Crippen LogP contribution in [0.25, 0.3) is 0 Å². The third kappa shape index (κ3) is 8.43. The molecule has 52 valence electrons. The summed E-state index contributed by atoms with van der Waals surface area (Å²) in [6, 6.07) is 0. The summed E-state index contributed by atoms with van der Waals surface area (Å²) >= 11 is 2.30. The second-order valence-corrected chi connectivity index (χ2v) is 3.80. The Morgan fingerprint density at radius 1 is 1.56 bits per heavy atom. The molecule has 0 saturated heterocycles. The van der Waals surface area contributed by atoms with Crippen molar-refractivity contribution in [3.05, 3.63) is 0 Å². The average Bonchev–Trinajstić information content (AvgIpc) is 1.89. The molecule has 0 aliphatic heterocycles. The van der Waals surface area contributed by atoms with Crippen LogP contribution in [0.2, 0.25) is 5.82 Å². The van der Waals surface area contributed by atoms with Crippen molar-refractivity contribution in [1.29, 1.82) is 0 Å². The number of hydrogen-bond donors (Lipinski definition) is 0. The van der Waals surface area contributed by atoms with E-state index in [4.69, 9.17) is 0 Å². The minimum absolute atomic E-state index is 0.541. The molecule has 0 spiro atoms. The molecule has 2 heteroatoms. The fraction of sp³-hybridized carbons (Fsp3) is 0.714. The van der Waals surface area contributed by atoms with Gasteiger partial charge in [-0.3, -0.25) is 0 Å². The molecule has 0 aromatic carbocycles. The Kier molecular flexibility index (Phi) is 8.83. The van der Waals surface area contributed by atoms with Gasteiger partial charge in [-0.05, 0) is 0 Å². The topological polar surface area (TPSA) is 0 Å². The van der Waals surface area contributed by atoms with Crippen LogP contribution in [-0.2, 0) is 0 Å². The molecule has 0 aromatic rings. The molecule has 0 heterocycles. The summed E-state index contributed by atoms with van der Waals surface area (Å²) in [6.07, 6.45) is 2.59. The Labute approximate surface area is 68.3 Å². The molecule has 0 aromatic heterocycles. The fourth-order valence-electron chi connectivity index (χ4n) is 0.339. The van der Waals surface area contributed by atoms with Gasteiger partial charge in [0.25, 0.3) is 0 Å². The van der Waals surface area contributed by atoms with Crippen LogP contribution in [0.5, 0.6) is 0 Å². The number of unbranched alkanes of at least 4 members (excludes halogenated alkanes) is 1.